The molecule has 2 aromatic rings. The van der Waals surface area contributed by atoms with E-state index in [1.54, 1.807) is 0 Å². The van der Waals surface area contributed by atoms with Gasteiger partial charge in [-0.05, 0) is 6.07 Å². The number of hydrogen-bond acceptors (Lipinski definition) is 4. The van der Waals surface area contributed by atoms with Crippen LogP contribution < -0.4 is 0 Å². The lowest BCUT2D eigenvalue weighted by Crippen LogP contribution is -2.39. The van der Waals surface area contributed by atoms with Crippen molar-refractivity contribution in [2.45, 2.75) is 19.9 Å². The molecule has 1 aliphatic rings. The van der Waals surface area contributed by atoms with Crippen molar-refractivity contribution in [3.05, 3.63) is 30.0 Å². The van der Waals surface area contributed by atoms with Gasteiger partial charge in [0.15, 0.2) is 0 Å². The van der Waals surface area contributed by atoms with Crippen LogP contribution in [-0.4, -0.2) is 38.7 Å². The molecule has 0 radical (unpaired) electrons. The van der Waals surface area contributed by atoms with E-state index in [-0.39, 0.29) is 0 Å². The number of oxime groups is 1. The van der Waals surface area contributed by atoms with Crippen LogP contribution in [0.25, 0.3) is 10.9 Å². The lowest BCUT2D eigenvalue weighted by atomic mass is 9.97. The molecule has 20 heavy (non-hydrogen) atoms. The van der Waals surface area contributed by atoms with Crippen molar-refractivity contribution in [3.8, 4) is 0 Å². The highest BCUT2D eigenvalue weighted by atomic mass is 16.4. The number of likely N-dealkylation sites (tertiary alicyclic amines) is 1. The number of nitrogens with zero attached hydrogens (tertiary/aromatic N) is 4. The minimum absolute atomic E-state index is 0.309. The van der Waals surface area contributed by atoms with Gasteiger partial charge >= 0.3 is 0 Å². The molecule has 0 spiro atoms. The summed E-state index contributed by atoms with van der Waals surface area (Å²) in [6.45, 7) is 4.81. The van der Waals surface area contributed by atoms with E-state index in [0.717, 1.165) is 37.5 Å². The maximum Gasteiger partial charge on any atom is 0.0843 e. The van der Waals surface area contributed by atoms with Crippen molar-refractivity contribution in [2.75, 3.05) is 13.1 Å². The molecule has 106 valence electrons. The third-order valence-corrected chi connectivity index (χ3v) is 4.12. The lowest BCUT2D eigenvalue weighted by molar-refractivity contribution is 0.226. The molecule has 1 fully saturated rings. The van der Waals surface area contributed by atoms with Gasteiger partial charge in [0.2, 0.25) is 0 Å². The molecule has 3 rings (SSSR count). The van der Waals surface area contributed by atoms with Crippen molar-refractivity contribution in [2.24, 2.45) is 18.1 Å². The fourth-order valence-electron chi connectivity index (χ4n) is 3.01. The summed E-state index contributed by atoms with van der Waals surface area (Å²) in [6.07, 6.45) is 0.836. The van der Waals surface area contributed by atoms with E-state index < -0.39 is 0 Å². The molecule has 1 atom stereocenters. The first-order valence-corrected chi connectivity index (χ1v) is 7.03. The monoisotopic (exact) mass is 272 g/mol. The van der Waals surface area contributed by atoms with Crippen LogP contribution in [0.15, 0.2) is 29.4 Å². The Hall–Kier alpha value is -1.88. The van der Waals surface area contributed by atoms with Gasteiger partial charge in [0.05, 0.1) is 16.9 Å². The largest absolute Gasteiger partial charge is 0.411 e. The first-order chi connectivity index (χ1) is 9.69. The van der Waals surface area contributed by atoms with E-state index in [2.05, 4.69) is 40.3 Å². The minimum atomic E-state index is 0.309. The molecule has 0 bridgehead atoms. The van der Waals surface area contributed by atoms with Gasteiger partial charge in [0.1, 0.15) is 0 Å². The summed E-state index contributed by atoms with van der Waals surface area (Å²) in [4.78, 5) is 2.38. The van der Waals surface area contributed by atoms with Crippen LogP contribution in [0.3, 0.4) is 0 Å². The van der Waals surface area contributed by atoms with Crippen LogP contribution in [0.1, 0.15) is 19.0 Å². The fourth-order valence-corrected chi connectivity index (χ4v) is 3.01. The summed E-state index contributed by atoms with van der Waals surface area (Å²) in [7, 11) is 1.99. The quantitative estimate of drug-likeness (QED) is 0.674. The SMILES string of the molecule is CC1CN(Cc2nn(C)c3ccccc23)CC/C1=N\O. The van der Waals surface area contributed by atoms with Gasteiger partial charge < -0.3 is 5.21 Å². The highest BCUT2D eigenvalue weighted by molar-refractivity contribution is 5.87. The van der Waals surface area contributed by atoms with Gasteiger partial charge in [-0.2, -0.15) is 5.10 Å². The second-order valence-electron chi connectivity index (χ2n) is 5.56. The standard InChI is InChI=1S/C15H20N4O/c1-11-9-19(8-7-13(11)17-20)10-14-12-5-3-4-6-15(12)18(2)16-14/h3-6,11,20H,7-10H2,1-2H3/b17-13+. The van der Waals surface area contributed by atoms with Gasteiger partial charge in [-0.25, -0.2) is 0 Å². The van der Waals surface area contributed by atoms with Crippen LogP contribution in [0, 0.1) is 5.92 Å². The molecule has 1 unspecified atom stereocenters. The Labute approximate surface area is 118 Å². The van der Waals surface area contributed by atoms with Crippen molar-refractivity contribution in [1.29, 1.82) is 0 Å². The lowest BCUT2D eigenvalue weighted by Gasteiger charge is -2.30. The van der Waals surface area contributed by atoms with E-state index in [0.29, 0.717) is 5.92 Å². The molecule has 0 saturated carbocycles. The molecule has 5 heteroatoms. The third-order valence-electron chi connectivity index (χ3n) is 4.12. The summed E-state index contributed by atoms with van der Waals surface area (Å²) >= 11 is 0. The molecule has 5 nitrogen and oxygen atoms in total. The Kier molecular flexibility index (Phi) is 3.44. The van der Waals surface area contributed by atoms with Crippen LogP contribution in [0.2, 0.25) is 0 Å². The summed E-state index contributed by atoms with van der Waals surface area (Å²) in [5, 5.41) is 18.2. The number of rotatable bonds is 2. The topological polar surface area (TPSA) is 53.7 Å². The number of piperidine rings is 1. The van der Waals surface area contributed by atoms with Crippen LogP contribution in [0.5, 0.6) is 0 Å². The average molecular weight is 272 g/mol. The minimum Gasteiger partial charge on any atom is -0.411 e. The summed E-state index contributed by atoms with van der Waals surface area (Å²) < 4.78 is 1.94. The number of hydrogen-bond donors (Lipinski definition) is 1. The van der Waals surface area contributed by atoms with Crippen LogP contribution in [0.4, 0.5) is 0 Å². The molecule has 1 saturated heterocycles. The predicted molar refractivity (Wildman–Crippen MR) is 79.0 cm³/mol. The van der Waals surface area contributed by atoms with E-state index >= 15 is 0 Å². The first-order valence-electron chi connectivity index (χ1n) is 7.03. The Balaban J connectivity index is 1.81. The van der Waals surface area contributed by atoms with E-state index in [1.165, 1.54) is 10.9 Å². The van der Waals surface area contributed by atoms with Gasteiger partial charge in [0.25, 0.3) is 0 Å². The molecule has 1 aromatic carbocycles. The number of benzene rings is 1. The zero-order chi connectivity index (χ0) is 14.1. The maximum absolute atomic E-state index is 8.94. The summed E-state index contributed by atoms with van der Waals surface area (Å²) in [5.74, 6) is 0.309. The molecule has 1 aliphatic heterocycles. The Bertz CT molecular complexity index is 646. The van der Waals surface area contributed by atoms with Gasteiger partial charge in [-0.1, -0.05) is 30.3 Å². The Morgan fingerprint density at radius 2 is 2.20 bits per heavy atom. The molecular weight excluding hydrogens is 252 g/mol. The molecular formula is C15H20N4O. The second-order valence-corrected chi connectivity index (χ2v) is 5.56. The Morgan fingerprint density at radius 1 is 1.40 bits per heavy atom. The van der Waals surface area contributed by atoms with Crippen molar-refractivity contribution < 1.29 is 5.21 Å². The fraction of sp³-hybridized carbons (Fsp3) is 0.467. The van der Waals surface area contributed by atoms with Gasteiger partial charge in [-0.15, -0.1) is 0 Å². The van der Waals surface area contributed by atoms with Crippen molar-refractivity contribution in [1.82, 2.24) is 14.7 Å². The molecule has 0 aliphatic carbocycles. The Morgan fingerprint density at radius 3 is 2.95 bits per heavy atom. The third kappa shape index (κ3) is 2.29. The van der Waals surface area contributed by atoms with Gasteiger partial charge in [0, 0.05) is 44.4 Å². The number of para-hydroxylation sites is 1. The molecule has 1 aromatic heterocycles. The molecule has 2 heterocycles. The highest BCUT2D eigenvalue weighted by Crippen LogP contribution is 2.21. The average Bonchev–Trinajstić information content (AvgIpc) is 2.76. The van der Waals surface area contributed by atoms with Crippen molar-refractivity contribution in [3.63, 3.8) is 0 Å². The summed E-state index contributed by atoms with van der Waals surface area (Å²) in [6, 6.07) is 8.33. The zero-order valence-corrected chi connectivity index (χ0v) is 12.0. The second kappa shape index (κ2) is 5.25. The highest BCUT2D eigenvalue weighted by Gasteiger charge is 2.23. The zero-order valence-electron chi connectivity index (χ0n) is 12.0. The first kappa shape index (κ1) is 13.1. The van der Waals surface area contributed by atoms with Crippen molar-refractivity contribution >= 4 is 16.6 Å². The van der Waals surface area contributed by atoms with E-state index in [9.17, 15) is 0 Å². The van der Waals surface area contributed by atoms with Crippen LogP contribution >= 0.6 is 0 Å². The number of aromatic nitrogens is 2. The normalized spacial score (nSPS) is 22.7. The number of fused-ring (bicyclic) bond motifs is 1. The molecule has 0 amide bonds. The van der Waals surface area contributed by atoms with E-state index in [4.69, 9.17) is 5.21 Å². The number of aryl methyl sites for hydroxylation is 1. The smallest absolute Gasteiger partial charge is 0.0843 e. The maximum atomic E-state index is 8.94. The summed E-state index contributed by atoms with van der Waals surface area (Å²) in [5.41, 5.74) is 3.21. The van der Waals surface area contributed by atoms with Gasteiger partial charge in [-0.3, -0.25) is 9.58 Å². The van der Waals surface area contributed by atoms with E-state index in [1.807, 2.05) is 17.8 Å². The molecule has 1 N–H and O–H groups in total. The van der Waals surface area contributed by atoms with Crippen LogP contribution in [-0.2, 0) is 13.6 Å². The predicted octanol–water partition coefficient (Wildman–Crippen LogP) is 2.25.